The fraction of sp³-hybridized carbons (Fsp3) is 0.261. The Morgan fingerprint density at radius 2 is 1.72 bits per heavy atom. The lowest BCUT2D eigenvalue weighted by molar-refractivity contribution is 0.102. The standard InChI is InChI=1S/C23H23N3O3/c1-15-5-4-6-18(13-15)25-23(29)17-9-7-16(8-10-17)14-24-19-20(22(28)21(19)27)26-11-2-3-12-26/h4-10,13,24H,2-3,11-12,14H2,1H3,(H,25,29). The highest BCUT2D eigenvalue weighted by molar-refractivity contribution is 6.04. The van der Waals surface area contributed by atoms with E-state index in [-0.39, 0.29) is 5.91 Å². The van der Waals surface area contributed by atoms with Crippen molar-refractivity contribution in [1.82, 2.24) is 0 Å². The number of hydrogen-bond acceptors (Lipinski definition) is 5. The zero-order valence-electron chi connectivity index (χ0n) is 16.3. The first-order valence-electron chi connectivity index (χ1n) is 9.82. The average molecular weight is 389 g/mol. The molecule has 1 aliphatic rings. The van der Waals surface area contributed by atoms with Crippen LogP contribution in [0.15, 0.2) is 58.1 Å². The molecule has 3 aromatic rings. The molecule has 0 bridgehead atoms. The predicted octanol–water partition coefficient (Wildman–Crippen LogP) is 3.06. The topological polar surface area (TPSA) is 78.5 Å². The number of nitrogens with zero attached hydrogens (tertiary/aromatic N) is 1. The van der Waals surface area contributed by atoms with Gasteiger partial charge in [-0.3, -0.25) is 14.4 Å². The first-order chi connectivity index (χ1) is 14.0. The highest BCUT2D eigenvalue weighted by atomic mass is 16.2. The number of benzene rings is 2. The van der Waals surface area contributed by atoms with Crippen LogP contribution in [-0.4, -0.2) is 19.0 Å². The van der Waals surface area contributed by atoms with Gasteiger partial charge in [-0.15, -0.1) is 0 Å². The Morgan fingerprint density at radius 3 is 2.41 bits per heavy atom. The SMILES string of the molecule is Cc1cccc(NC(=O)c2ccc(CNc3c(N4CCCC4)c(=O)c3=O)cc2)c1. The summed E-state index contributed by atoms with van der Waals surface area (Å²) in [6, 6.07) is 14.8. The zero-order chi connectivity index (χ0) is 20.4. The number of hydrogen-bond donors (Lipinski definition) is 2. The zero-order valence-corrected chi connectivity index (χ0v) is 16.3. The van der Waals surface area contributed by atoms with Gasteiger partial charge in [0, 0.05) is 30.9 Å². The fourth-order valence-electron chi connectivity index (χ4n) is 3.68. The summed E-state index contributed by atoms with van der Waals surface area (Å²) >= 11 is 0. The molecule has 0 radical (unpaired) electrons. The molecule has 6 nitrogen and oxygen atoms in total. The molecule has 0 spiro atoms. The van der Waals surface area contributed by atoms with E-state index >= 15 is 0 Å². The van der Waals surface area contributed by atoms with Gasteiger partial charge in [0.15, 0.2) is 0 Å². The summed E-state index contributed by atoms with van der Waals surface area (Å²) in [6.07, 6.45) is 2.09. The maximum atomic E-state index is 12.4. The van der Waals surface area contributed by atoms with E-state index in [1.54, 1.807) is 12.1 Å². The van der Waals surface area contributed by atoms with Crippen LogP contribution in [0.1, 0.15) is 34.3 Å². The van der Waals surface area contributed by atoms with Crippen molar-refractivity contribution in [3.05, 3.63) is 85.7 Å². The Hall–Kier alpha value is -3.41. The lowest BCUT2D eigenvalue weighted by Crippen LogP contribution is -2.41. The number of rotatable bonds is 6. The summed E-state index contributed by atoms with van der Waals surface area (Å²) in [4.78, 5) is 38.3. The van der Waals surface area contributed by atoms with E-state index in [1.807, 2.05) is 48.2 Å². The monoisotopic (exact) mass is 389 g/mol. The predicted molar refractivity (Wildman–Crippen MR) is 116 cm³/mol. The van der Waals surface area contributed by atoms with Gasteiger partial charge in [-0.05, 0) is 55.2 Å². The van der Waals surface area contributed by atoms with Gasteiger partial charge in [-0.2, -0.15) is 0 Å². The minimum Gasteiger partial charge on any atom is -0.376 e. The summed E-state index contributed by atoms with van der Waals surface area (Å²) in [7, 11) is 0. The summed E-state index contributed by atoms with van der Waals surface area (Å²) in [6.45, 7) is 4.04. The third-order valence-electron chi connectivity index (χ3n) is 5.27. The van der Waals surface area contributed by atoms with Crippen LogP contribution in [0.5, 0.6) is 0 Å². The molecule has 0 aliphatic carbocycles. The smallest absolute Gasteiger partial charge is 0.255 e. The number of carbonyl (C=O) groups excluding carboxylic acids is 1. The summed E-state index contributed by atoms with van der Waals surface area (Å²) in [5, 5.41) is 5.99. The molecular weight excluding hydrogens is 366 g/mol. The first kappa shape index (κ1) is 18.9. The molecule has 6 heteroatoms. The third kappa shape index (κ3) is 3.92. The molecule has 1 aliphatic heterocycles. The van der Waals surface area contributed by atoms with E-state index in [0.717, 1.165) is 42.7 Å². The van der Waals surface area contributed by atoms with E-state index in [1.165, 1.54) is 0 Å². The molecular formula is C23H23N3O3. The molecule has 29 heavy (non-hydrogen) atoms. The van der Waals surface area contributed by atoms with Gasteiger partial charge in [0.05, 0.1) is 0 Å². The lowest BCUT2D eigenvalue weighted by Gasteiger charge is -2.22. The van der Waals surface area contributed by atoms with E-state index in [4.69, 9.17) is 0 Å². The van der Waals surface area contributed by atoms with Gasteiger partial charge >= 0.3 is 0 Å². The maximum absolute atomic E-state index is 12.4. The molecule has 4 rings (SSSR count). The van der Waals surface area contributed by atoms with Crippen LogP contribution >= 0.6 is 0 Å². The number of amides is 1. The van der Waals surface area contributed by atoms with Crippen molar-refractivity contribution >= 4 is 23.0 Å². The van der Waals surface area contributed by atoms with E-state index in [9.17, 15) is 14.4 Å². The van der Waals surface area contributed by atoms with Gasteiger partial charge in [0.25, 0.3) is 16.8 Å². The van der Waals surface area contributed by atoms with Crippen molar-refractivity contribution in [2.45, 2.75) is 26.3 Å². The molecule has 0 saturated carbocycles. The van der Waals surface area contributed by atoms with Crippen LogP contribution in [0, 0.1) is 6.92 Å². The molecule has 148 valence electrons. The van der Waals surface area contributed by atoms with Gasteiger partial charge in [-0.1, -0.05) is 24.3 Å². The van der Waals surface area contributed by atoms with E-state index in [2.05, 4.69) is 10.6 Å². The van der Waals surface area contributed by atoms with Crippen molar-refractivity contribution in [3.8, 4) is 0 Å². The second-order valence-corrected chi connectivity index (χ2v) is 7.45. The second kappa shape index (κ2) is 7.91. The van der Waals surface area contributed by atoms with Crippen molar-refractivity contribution in [1.29, 1.82) is 0 Å². The minimum absolute atomic E-state index is 0.172. The number of nitrogens with one attached hydrogen (secondary N) is 2. The average Bonchev–Trinajstić information content (AvgIpc) is 3.24. The van der Waals surface area contributed by atoms with Crippen molar-refractivity contribution in [2.75, 3.05) is 28.6 Å². The Morgan fingerprint density at radius 1 is 1.00 bits per heavy atom. The molecule has 1 saturated heterocycles. The summed E-state index contributed by atoms with van der Waals surface area (Å²) in [5.41, 5.74) is 3.43. The Labute approximate surface area is 168 Å². The Bertz CT molecular complexity index is 1110. The summed E-state index contributed by atoms with van der Waals surface area (Å²) in [5.74, 6) is -0.172. The molecule has 0 unspecified atom stereocenters. The van der Waals surface area contributed by atoms with Gasteiger partial charge in [-0.25, -0.2) is 0 Å². The lowest BCUT2D eigenvalue weighted by atomic mass is 10.1. The maximum Gasteiger partial charge on any atom is 0.255 e. The van der Waals surface area contributed by atoms with Crippen LogP contribution in [0.4, 0.5) is 17.1 Å². The Balaban J connectivity index is 1.39. The molecule has 2 N–H and O–H groups in total. The van der Waals surface area contributed by atoms with Gasteiger partial charge in [0.2, 0.25) is 0 Å². The molecule has 1 heterocycles. The molecule has 1 fully saturated rings. The minimum atomic E-state index is -0.443. The van der Waals surface area contributed by atoms with Crippen molar-refractivity contribution in [3.63, 3.8) is 0 Å². The largest absolute Gasteiger partial charge is 0.376 e. The Kier molecular flexibility index (Phi) is 5.16. The quantitative estimate of drug-likeness (QED) is 0.634. The van der Waals surface area contributed by atoms with Crippen molar-refractivity contribution < 1.29 is 4.79 Å². The number of anilines is 3. The number of carbonyl (C=O) groups is 1. The van der Waals surface area contributed by atoms with Crippen LogP contribution in [0.2, 0.25) is 0 Å². The molecule has 0 aromatic heterocycles. The summed E-state index contributed by atoms with van der Waals surface area (Å²) < 4.78 is 0. The van der Waals surface area contributed by atoms with Crippen LogP contribution in [-0.2, 0) is 6.54 Å². The van der Waals surface area contributed by atoms with Crippen LogP contribution in [0.3, 0.4) is 0 Å². The van der Waals surface area contributed by atoms with Gasteiger partial charge < -0.3 is 15.5 Å². The number of aryl methyl sites for hydroxylation is 1. The second-order valence-electron chi connectivity index (χ2n) is 7.45. The highest BCUT2D eigenvalue weighted by Crippen LogP contribution is 2.24. The molecule has 1 amide bonds. The van der Waals surface area contributed by atoms with Crippen LogP contribution in [0.25, 0.3) is 0 Å². The third-order valence-corrected chi connectivity index (χ3v) is 5.27. The fourth-order valence-corrected chi connectivity index (χ4v) is 3.68. The van der Waals surface area contributed by atoms with E-state index < -0.39 is 10.9 Å². The van der Waals surface area contributed by atoms with Gasteiger partial charge in [0.1, 0.15) is 11.4 Å². The molecule has 0 atom stereocenters. The van der Waals surface area contributed by atoms with Crippen LogP contribution < -0.4 is 26.4 Å². The normalized spacial score (nSPS) is 13.6. The highest BCUT2D eigenvalue weighted by Gasteiger charge is 2.27. The van der Waals surface area contributed by atoms with E-state index in [0.29, 0.717) is 23.5 Å². The molecule has 3 aromatic carbocycles. The first-order valence-corrected chi connectivity index (χ1v) is 9.82. The van der Waals surface area contributed by atoms with Crippen molar-refractivity contribution in [2.24, 2.45) is 0 Å².